The molecule has 0 aromatic heterocycles. The van der Waals surface area contributed by atoms with E-state index in [0.29, 0.717) is 13.0 Å². The first-order valence-corrected chi connectivity index (χ1v) is 6.56. The Morgan fingerprint density at radius 3 is 2.71 bits per heavy atom. The topological polar surface area (TPSA) is 58.6 Å². The molecule has 2 aliphatic heterocycles. The van der Waals surface area contributed by atoms with Crippen LogP contribution in [0.4, 0.5) is 0 Å². The number of piperidine rings is 1. The summed E-state index contributed by atoms with van der Waals surface area (Å²) in [4.78, 5) is 11.5. The minimum Gasteiger partial charge on any atom is -0.481 e. The van der Waals surface area contributed by atoms with Crippen molar-refractivity contribution < 1.29 is 14.6 Å². The van der Waals surface area contributed by atoms with E-state index in [1.807, 2.05) is 0 Å². The highest BCUT2D eigenvalue weighted by Crippen LogP contribution is 2.39. The number of hydrogen-bond acceptors (Lipinski definition) is 3. The Bertz CT molecular complexity index is 295. The Kier molecular flexibility index (Phi) is 3.46. The van der Waals surface area contributed by atoms with Gasteiger partial charge in [-0.05, 0) is 52.5 Å². The van der Waals surface area contributed by atoms with Crippen molar-refractivity contribution in [3.05, 3.63) is 0 Å². The van der Waals surface area contributed by atoms with E-state index in [1.54, 1.807) is 0 Å². The second-order valence-corrected chi connectivity index (χ2v) is 6.11. The molecule has 0 aromatic rings. The van der Waals surface area contributed by atoms with E-state index >= 15 is 0 Å². The average molecular weight is 241 g/mol. The maximum absolute atomic E-state index is 11.5. The summed E-state index contributed by atoms with van der Waals surface area (Å²) in [6.07, 6.45) is 4.50. The third kappa shape index (κ3) is 2.80. The maximum Gasteiger partial charge on any atom is 0.311 e. The summed E-state index contributed by atoms with van der Waals surface area (Å²) in [5.41, 5.74) is -0.685. The minimum absolute atomic E-state index is 0.0769. The average Bonchev–Trinajstić information content (AvgIpc) is 2.59. The summed E-state index contributed by atoms with van der Waals surface area (Å²) in [5.74, 6) is -0.669. The van der Waals surface area contributed by atoms with Gasteiger partial charge in [0, 0.05) is 6.54 Å². The van der Waals surface area contributed by atoms with Crippen molar-refractivity contribution in [2.24, 2.45) is 5.41 Å². The van der Waals surface area contributed by atoms with Crippen LogP contribution in [-0.2, 0) is 9.53 Å². The zero-order valence-corrected chi connectivity index (χ0v) is 10.8. The van der Waals surface area contributed by atoms with Gasteiger partial charge in [-0.2, -0.15) is 0 Å². The molecule has 0 spiro atoms. The Morgan fingerprint density at radius 1 is 1.47 bits per heavy atom. The van der Waals surface area contributed by atoms with E-state index in [9.17, 15) is 9.90 Å². The van der Waals surface area contributed by atoms with Gasteiger partial charge in [-0.3, -0.25) is 4.79 Å². The molecule has 2 rings (SSSR count). The lowest BCUT2D eigenvalue weighted by atomic mass is 9.76. The number of carboxylic acids is 1. The third-order valence-electron chi connectivity index (χ3n) is 4.10. The van der Waals surface area contributed by atoms with Crippen LogP contribution in [0.2, 0.25) is 0 Å². The summed E-state index contributed by atoms with van der Waals surface area (Å²) in [6.45, 7) is 5.69. The van der Waals surface area contributed by atoms with Crippen LogP contribution in [0.1, 0.15) is 46.0 Å². The van der Waals surface area contributed by atoms with Crippen molar-refractivity contribution in [1.29, 1.82) is 0 Å². The Balaban J connectivity index is 2.01. The van der Waals surface area contributed by atoms with Crippen molar-refractivity contribution in [3.8, 4) is 0 Å². The van der Waals surface area contributed by atoms with E-state index in [0.717, 1.165) is 32.2 Å². The smallest absolute Gasteiger partial charge is 0.311 e. The summed E-state index contributed by atoms with van der Waals surface area (Å²) >= 11 is 0. The molecule has 0 bridgehead atoms. The highest BCUT2D eigenvalue weighted by Gasteiger charge is 2.44. The van der Waals surface area contributed by atoms with Crippen molar-refractivity contribution in [2.75, 3.05) is 13.1 Å². The lowest BCUT2D eigenvalue weighted by molar-refractivity contribution is -0.153. The van der Waals surface area contributed by atoms with Crippen LogP contribution in [0, 0.1) is 5.41 Å². The summed E-state index contributed by atoms with van der Waals surface area (Å²) < 4.78 is 5.94. The summed E-state index contributed by atoms with van der Waals surface area (Å²) in [7, 11) is 0. The fraction of sp³-hybridized carbons (Fsp3) is 0.923. The van der Waals surface area contributed by atoms with Crippen LogP contribution < -0.4 is 5.32 Å². The largest absolute Gasteiger partial charge is 0.481 e. The first-order chi connectivity index (χ1) is 7.94. The molecule has 0 radical (unpaired) electrons. The van der Waals surface area contributed by atoms with E-state index in [1.165, 1.54) is 0 Å². The van der Waals surface area contributed by atoms with E-state index < -0.39 is 11.4 Å². The quantitative estimate of drug-likeness (QED) is 0.791. The van der Waals surface area contributed by atoms with Crippen molar-refractivity contribution in [2.45, 2.75) is 57.7 Å². The number of ether oxygens (including phenoxy) is 1. The number of nitrogens with one attached hydrogen (secondary N) is 1. The molecule has 0 amide bonds. The molecule has 4 nitrogen and oxygen atoms in total. The minimum atomic E-state index is -0.669. The van der Waals surface area contributed by atoms with E-state index in [-0.39, 0.29) is 11.7 Å². The van der Waals surface area contributed by atoms with Gasteiger partial charge in [-0.25, -0.2) is 0 Å². The lowest BCUT2D eigenvalue weighted by Crippen LogP contribution is -2.47. The van der Waals surface area contributed by atoms with E-state index in [2.05, 4.69) is 19.2 Å². The maximum atomic E-state index is 11.5. The first-order valence-electron chi connectivity index (χ1n) is 6.56. The van der Waals surface area contributed by atoms with Crippen molar-refractivity contribution >= 4 is 5.97 Å². The van der Waals surface area contributed by atoms with Crippen LogP contribution in [0.25, 0.3) is 0 Å². The molecule has 98 valence electrons. The highest BCUT2D eigenvalue weighted by atomic mass is 16.5. The Labute approximate surface area is 103 Å². The molecule has 17 heavy (non-hydrogen) atoms. The molecule has 0 aliphatic carbocycles. The van der Waals surface area contributed by atoms with Crippen molar-refractivity contribution in [1.82, 2.24) is 5.32 Å². The molecular weight excluding hydrogens is 218 g/mol. The number of aliphatic carboxylic acids is 1. The van der Waals surface area contributed by atoms with Crippen LogP contribution >= 0.6 is 0 Å². The predicted molar refractivity (Wildman–Crippen MR) is 65.0 cm³/mol. The molecule has 2 saturated heterocycles. The summed E-state index contributed by atoms with van der Waals surface area (Å²) in [5, 5.41) is 12.7. The van der Waals surface area contributed by atoms with Gasteiger partial charge in [-0.15, -0.1) is 0 Å². The van der Waals surface area contributed by atoms with Gasteiger partial charge in [0.1, 0.15) is 0 Å². The van der Waals surface area contributed by atoms with Gasteiger partial charge >= 0.3 is 5.97 Å². The molecule has 2 atom stereocenters. The molecule has 2 N–H and O–H groups in total. The van der Waals surface area contributed by atoms with Gasteiger partial charge in [0.25, 0.3) is 0 Å². The van der Waals surface area contributed by atoms with Crippen LogP contribution in [0.15, 0.2) is 0 Å². The standard InChI is InChI=1S/C13H23NO3/c1-12(2)6-4-10(17-12)8-13(11(15)16)5-3-7-14-9-13/h10,14H,3-9H2,1-2H3,(H,15,16). The molecule has 0 saturated carbocycles. The number of carbonyl (C=O) groups is 1. The fourth-order valence-electron chi connectivity index (χ4n) is 3.07. The highest BCUT2D eigenvalue weighted by molar-refractivity contribution is 5.75. The van der Waals surface area contributed by atoms with Crippen LogP contribution in [-0.4, -0.2) is 35.9 Å². The van der Waals surface area contributed by atoms with Gasteiger partial charge in [0.05, 0.1) is 17.1 Å². The molecule has 2 heterocycles. The molecule has 4 heteroatoms. The lowest BCUT2D eigenvalue weighted by Gasteiger charge is -2.35. The van der Waals surface area contributed by atoms with Gasteiger partial charge in [-0.1, -0.05) is 0 Å². The zero-order chi connectivity index (χ0) is 12.5. The zero-order valence-electron chi connectivity index (χ0n) is 10.8. The second kappa shape index (κ2) is 4.58. The molecule has 2 unspecified atom stereocenters. The predicted octanol–water partition coefficient (Wildman–Crippen LogP) is 1.79. The monoisotopic (exact) mass is 241 g/mol. The number of rotatable bonds is 3. The second-order valence-electron chi connectivity index (χ2n) is 6.11. The first kappa shape index (κ1) is 12.8. The fourth-order valence-corrected chi connectivity index (χ4v) is 3.07. The van der Waals surface area contributed by atoms with Gasteiger partial charge in [0.15, 0.2) is 0 Å². The van der Waals surface area contributed by atoms with Gasteiger partial charge < -0.3 is 15.2 Å². The van der Waals surface area contributed by atoms with Crippen LogP contribution in [0.5, 0.6) is 0 Å². The normalized spacial score (nSPS) is 36.9. The SMILES string of the molecule is CC1(C)CCC(CC2(C(=O)O)CCCNC2)O1. The van der Waals surface area contributed by atoms with Gasteiger partial charge in [0.2, 0.25) is 0 Å². The Morgan fingerprint density at radius 2 is 2.24 bits per heavy atom. The molecule has 2 aliphatic rings. The number of hydrogen-bond donors (Lipinski definition) is 2. The third-order valence-corrected chi connectivity index (χ3v) is 4.10. The van der Waals surface area contributed by atoms with Crippen molar-refractivity contribution in [3.63, 3.8) is 0 Å². The van der Waals surface area contributed by atoms with Crippen LogP contribution in [0.3, 0.4) is 0 Å². The number of carboxylic acid groups (broad SMARTS) is 1. The molecule has 0 aromatic carbocycles. The molecule has 2 fully saturated rings. The van der Waals surface area contributed by atoms with E-state index in [4.69, 9.17) is 4.74 Å². The summed E-state index contributed by atoms with van der Waals surface area (Å²) in [6, 6.07) is 0. The molecular formula is C13H23NO3. The Hall–Kier alpha value is -0.610.